The highest BCUT2D eigenvalue weighted by molar-refractivity contribution is 6.32. The number of ether oxygens (including phenoxy) is 1. The molecule has 0 bridgehead atoms. The van der Waals surface area contributed by atoms with Crippen LogP contribution in [0.4, 0.5) is 0 Å². The minimum atomic E-state index is -1.39. The molecule has 2 aromatic rings. The molecule has 134 valence electrons. The topological polar surface area (TPSA) is 75.1 Å². The van der Waals surface area contributed by atoms with Crippen molar-refractivity contribution in [3.05, 3.63) is 41.2 Å². The molecule has 0 aliphatic heterocycles. The summed E-state index contributed by atoms with van der Waals surface area (Å²) >= 11 is 5.84. The molecule has 0 aliphatic rings. The molecule has 0 aliphatic carbocycles. The minimum absolute atomic E-state index is 0.131. The normalized spacial score (nSPS) is 10.6. The maximum atomic E-state index is 10.8. The first-order valence-electron chi connectivity index (χ1n) is 8.59. The number of rotatable bonds is 10. The second kappa shape index (κ2) is 9.99. The van der Waals surface area contributed by atoms with E-state index in [1.54, 1.807) is 0 Å². The number of nitrogens with zero attached hydrogens (tertiary/aromatic N) is 2. The van der Waals surface area contributed by atoms with Crippen molar-refractivity contribution < 1.29 is 14.6 Å². The summed E-state index contributed by atoms with van der Waals surface area (Å²) in [6.07, 6.45) is 8.51. The van der Waals surface area contributed by atoms with E-state index in [1.165, 1.54) is 32.1 Å². The van der Waals surface area contributed by atoms with Gasteiger partial charge in [-0.05, 0) is 30.7 Å². The Morgan fingerprint density at radius 3 is 2.44 bits per heavy atom. The van der Waals surface area contributed by atoms with Gasteiger partial charge in [-0.2, -0.15) is 0 Å². The van der Waals surface area contributed by atoms with E-state index in [2.05, 4.69) is 16.9 Å². The van der Waals surface area contributed by atoms with Crippen LogP contribution in [0.1, 0.15) is 55.8 Å². The Bertz CT molecular complexity index is 690. The maximum Gasteiger partial charge on any atom is 0.160 e. The molecule has 0 saturated carbocycles. The zero-order chi connectivity index (χ0) is 18.1. The van der Waals surface area contributed by atoms with Crippen LogP contribution in [0, 0.1) is 0 Å². The summed E-state index contributed by atoms with van der Waals surface area (Å²) in [6, 6.07) is 7.33. The van der Waals surface area contributed by atoms with E-state index in [1.807, 2.05) is 24.3 Å². The van der Waals surface area contributed by atoms with Crippen molar-refractivity contribution in [3.8, 4) is 17.1 Å². The van der Waals surface area contributed by atoms with Crippen molar-refractivity contribution in [2.24, 2.45) is 0 Å². The largest absolute Gasteiger partial charge is 0.545 e. The molecular weight excluding hydrogens is 340 g/mol. The lowest BCUT2D eigenvalue weighted by molar-refractivity contribution is -0.255. The van der Waals surface area contributed by atoms with Crippen LogP contribution in [0.3, 0.4) is 0 Å². The molecule has 1 aromatic carbocycles. The third-order valence-electron chi connectivity index (χ3n) is 3.84. The molecule has 0 spiro atoms. The van der Waals surface area contributed by atoms with E-state index in [9.17, 15) is 9.90 Å². The molecule has 1 heterocycles. The van der Waals surface area contributed by atoms with Gasteiger partial charge in [0.05, 0.1) is 18.1 Å². The number of aromatic carboxylic acids is 1. The van der Waals surface area contributed by atoms with Crippen molar-refractivity contribution in [2.75, 3.05) is 6.61 Å². The predicted molar refractivity (Wildman–Crippen MR) is 95.7 cm³/mol. The molecule has 0 atom stereocenters. The number of benzene rings is 1. The van der Waals surface area contributed by atoms with Crippen LogP contribution >= 0.6 is 11.6 Å². The van der Waals surface area contributed by atoms with Gasteiger partial charge in [-0.3, -0.25) is 0 Å². The van der Waals surface area contributed by atoms with Gasteiger partial charge in [0.1, 0.15) is 10.9 Å². The van der Waals surface area contributed by atoms with Crippen LogP contribution in [-0.4, -0.2) is 22.5 Å². The van der Waals surface area contributed by atoms with E-state index < -0.39 is 5.97 Å². The summed E-state index contributed by atoms with van der Waals surface area (Å²) in [4.78, 5) is 18.8. The lowest BCUT2D eigenvalue weighted by atomic mass is 10.1. The third kappa shape index (κ3) is 6.02. The molecule has 5 nitrogen and oxygen atoms in total. The SMILES string of the molecule is CCCCCCCCOc1ccc(-c2ncc(C(=O)[O-])c(Cl)n2)cc1. The average Bonchev–Trinajstić information content (AvgIpc) is 2.61. The zero-order valence-electron chi connectivity index (χ0n) is 14.3. The smallest absolute Gasteiger partial charge is 0.160 e. The van der Waals surface area contributed by atoms with Gasteiger partial charge in [-0.25, -0.2) is 9.97 Å². The number of carbonyl (C=O) groups excluding carboxylic acids is 1. The van der Waals surface area contributed by atoms with Crippen LogP contribution in [-0.2, 0) is 0 Å². The summed E-state index contributed by atoms with van der Waals surface area (Å²) < 4.78 is 5.72. The Morgan fingerprint density at radius 2 is 1.80 bits per heavy atom. The van der Waals surface area contributed by atoms with Gasteiger partial charge in [0.15, 0.2) is 5.82 Å². The first kappa shape index (κ1) is 19.2. The van der Waals surface area contributed by atoms with Crippen molar-refractivity contribution >= 4 is 17.6 Å². The Balaban J connectivity index is 1.85. The molecule has 25 heavy (non-hydrogen) atoms. The predicted octanol–water partition coefficient (Wildman–Crippen LogP) is 3.90. The van der Waals surface area contributed by atoms with Crippen LogP contribution in [0.15, 0.2) is 30.5 Å². The standard InChI is InChI=1S/C19H23ClN2O3/c1-2-3-4-5-6-7-12-25-15-10-8-14(9-11-15)18-21-13-16(19(23)24)17(20)22-18/h8-11,13H,2-7,12H2,1H3,(H,23,24)/p-1. The summed E-state index contributed by atoms with van der Waals surface area (Å²) in [7, 11) is 0. The molecule has 0 unspecified atom stereocenters. The average molecular weight is 362 g/mol. The number of hydrogen-bond acceptors (Lipinski definition) is 5. The number of aromatic nitrogens is 2. The molecule has 2 rings (SSSR count). The van der Waals surface area contributed by atoms with Gasteiger partial charge < -0.3 is 14.6 Å². The number of hydrogen-bond donors (Lipinski definition) is 0. The van der Waals surface area contributed by atoms with Gasteiger partial charge in [0.25, 0.3) is 0 Å². The fourth-order valence-electron chi connectivity index (χ4n) is 2.41. The van der Waals surface area contributed by atoms with E-state index in [-0.39, 0.29) is 10.7 Å². The molecule has 0 amide bonds. The molecular formula is C19H22ClN2O3-. The highest BCUT2D eigenvalue weighted by atomic mass is 35.5. The van der Waals surface area contributed by atoms with Crippen molar-refractivity contribution in [2.45, 2.75) is 45.4 Å². The summed E-state index contributed by atoms with van der Waals surface area (Å²) in [5.41, 5.74) is 0.517. The van der Waals surface area contributed by atoms with Crippen LogP contribution in [0.2, 0.25) is 5.15 Å². The number of carboxylic acids is 1. The lowest BCUT2D eigenvalue weighted by Crippen LogP contribution is -2.23. The second-order valence-electron chi connectivity index (χ2n) is 5.83. The molecule has 6 heteroatoms. The number of carbonyl (C=O) groups is 1. The number of halogens is 1. The Hall–Kier alpha value is -2.14. The van der Waals surface area contributed by atoms with E-state index in [0.29, 0.717) is 12.4 Å². The summed E-state index contributed by atoms with van der Waals surface area (Å²) in [6.45, 7) is 2.91. The van der Waals surface area contributed by atoms with Gasteiger partial charge >= 0.3 is 0 Å². The lowest BCUT2D eigenvalue weighted by Gasteiger charge is -2.08. The molecule has 1 aromatic heterocycles. The second-order valence-corrected chi connectivity index (χ2v) is 6.18. The molecule has 0 N–H and O–H groups in total. The van der Waals surface area contributed by atoms with Crippen molar-refractivity contribution in [3.63, 3.8) is 0 Å². The van der Waals surface area contributed by atoms with Crippen LogP contribution < -0.4 is 9.84 Å². The fraction of sp³-hybridized carbons (Fsp3) is 0.421. The monoisotopic (exact) mass is 361 g/mol. The Kier molecular flexibility index (Phi) is 7.67. The molecule has 0 saturated heterocycles. The summed E-state index contributed by atoms with van der Waals surface area (Å²) in [5.74, 6) is -0.248. The van der Waals surface area contributed by atoms with E-state index in [4.69, 9.17) is 16.3 Å². The van der Waals surface area contributed by atoms with Gasteiger partial charge in [-0.15, -0.1) is 0 Å². The zero-order valence-corrected chi connectivity index (χ0v) is 15.1. The first-order chi connectivity index (χ1) is 12.1. The molecule has 0 radical (unpaired) electrons. The third-order valence-corrected chi connectivity index (χ3v) is 4.13. The summed E-state index contributed by atoms with van der Waals surface area (Å²) in [5, 5.41) is 10.7. The van der Waals surface area contributed by atoms with Gasteiger partial charge in [0, 0.05) is 11.8 Å². The molecule has 0 fully saturated rings. The highest BCUT2D eigenvalue weighted by Crippen LogP contribution is 2.22. The number of unbranched alkanes of at least 4 members (excludes halogenated alkanes) is 5. The van der Waals surface area contributed by atoms with Crippen LogP contribution in [0.25, 0.3) is 11.4 Å². The Morgan fingerprint density at radius 1 is 1.12 bits per heavy atom. The van der Waals surface area contributed by atoms with Crippen molar-refractivity contribution in [1.82, 2.24) is 9.97 Å². The quantitative estimate of drug-likeness (QED) is 0.474. The Labute approximate surface area is 153 Å². The maximum absolute atomic E-state index is 10.8. The minimum Gasteiger partial charge on any atom is -0.545 e. The van der Waals surface area contributed by atoms with Gasteiger partial charge in [-0.1, -0.05) is 50.6 Å². The van der Waals surface area contributed by atoms with Crippen LogP contribution in [0.5, 0.6) is 5.75 Å². The highest BCUT2D eigenvalue weighted by Gasteiger charge is 2.08. The fourth-order valence-corrected chi connectivity index (χ4v) is 2.62. The van der Waals surface area contributed by atoms with E-state index in [0.717, 1.165) is 23.9 Å². The van der Waals surface area contributed by atoms with Crippen molar-refractivity contribution in [1.29, 1.82) is 0 Å². The van der Waals surface area contributed by atoms with E-state index >= 15 is 0 Å². The number of carboxylic acid groups (broad SMARTS) is 1. The first-order valence-corrected chi connectivity index (χ1v) is 8.96. The van der Waals surface area contributed by atoms with Gasteiger partial charge in [0.2, 0.25) is 0 Å².